The molecule has 0 saturated carbocycles. The molecule has 0 radical (unpaired) electrons. The number of nitrogen functional groups attached to an aromatic ring is 1. The highest BCUT2D eigenvalue weighted by molar-refractivity contribution is 5.86. The van der Waals surface area contributed by atoms with Gasteiger partial charge >= 0.3 is 12.1 Å². The van der Waals surface area contributed by atoms with Crippen molar-refractivity contribution >= 4 is 23.1 Å². The molecular weight excluding hydrogens is 539 g/mol. The van der Waals surface area contributed by atoms with Gasteiger partial charge in [0.15, 0.2) is 17.0 Å². The maximum Gasteiger partial charge on any atom is 0.410 e. The molecule has 2 aliphatic heterocycles. The minimum atomic E-state index is -0.497. The number of hydrogen-bond donors (Lipinski definition) is 1. The molecule has 11 nitrogen and oxygen atoms in total. The summed E-state index contributed by atoms with van der Waals surface area (Å²) in [5.41, 5.74) is 9.34. The van der Waals surface area contributed by atoms with Gasteiger partial charge in [-0.15, -0.1) is 0 Å². The van der Waals surface area contributed by atoms with Crippen LogP contribution >= 0.6 is 0 Å². The molecule has 3 aromatic heterocycles. The summed E-state index contributed by atoms with van der Waals surface area (Å²) in [5.74, 6) is 0.209. The van der Waals surface area contributed by atoms with Gasteiger partial charge < -0.3 is 24.7 Å². The Labute approximate surface area is 243 Å². The highest BCUT2D eigenvalue weighted by atomic mass is 19.1. The number of likely N-dealkylation sites (tertiary alicyclic amines) is 2. The fourth-order valence-electron chi connectivity index (χ4n) is 5.75. The normalized spacial score (nSPS) is 18.6. The van der Waals surface area contributed by atoms with Crippen molar-refractivity contribution in [2.45, 2.75) is 64.9 Å². The van der Waals surface area contributed by atoms with Crippen LogP contribution in [0, 0.1) is 5.82 Å². The number of hydrogen-bond acceptors (Lipinski definition) is 9. The Morgan fingerprint density at radius 1 is 1.05 bits per heavy atom. The Morgan fingerprint density at radius 2 is 1.79 bits per heavy atom. The molecule has 1 aromatic carbocycles. The molecule has 220 valence electrons. The van der Waals surface area contributed by atoms with Gasteiger partial charge in [0.05, 0.1) is 19.3 Å². The summed E-state index contributed by atoms with van der Waals surface area (Å²) in [4.78, 5) is 34.4. The SMILES string of the molecule is CCOc1nc(N)c2nc(-c3cncc(F)c3)n(Cc3ccc(CN4C[C@@H]5C[C@H]4CN5C(=O)OC(C)(C)C)cc3)c2n1. The Balaban J connectivity index is 1.20. The average molecular weight is 575 g/mol. The van der Waals surface area contributed by atoms with E-state index in [-0.39, 0.29) is 24.0 Å². The highest BCUT2D eigenvalue weighted by Crippen LogP contribution is 2.33. The number of nitrogens with zero attached hydrogens (tertiary/aromatic N) is 7. The molecule has 0 aliphatic carbocycles. The van der Waals surface area contributed by atoms with E-state index in [0.29, 0.717) is 48.3 Å². The van der Waals surface area contributed by atoms with Gasteiger partial charge in [0.25, 0.3) is 0 Å². The zero-order valence-corrected chi connectivity index (χ0v) is 24.2. The first-order valence-corrected chi connectivity index (χ1v) is 14.2. The molecule has 2 N–H and O–H groups in total. The van der Waals surface area contributed by atoms with Crippen molar-refractivity contribution in [1.29, 1.82) is 0 Å². The Hall–Kier alpha value is -4.32. The topological polar surface area (TPSA) is 125 Å². The first kappa shape index (κ1) is 27.8. The Kier molecular flexibility index (Phi) is 7.17. The number of nitrogens with two attached hydrogens (primary N) is 1. The summed E-state index contributed by atoms with van der Waals surface area (Å²) < 4.78 is 27.1. The lowest BCUT2D eigenvalue weighted by molar-refractivity contribution is 0.0124. The van der Waals surface area contributed by atoms with Gasteiger partial charge in [0.1, 0.15) is 17.2 Å². The summed E-state index contributed by atoms with van der Waals surface area (Å²) >= 11 is 0. The van der Waals surface area contributed by atoms with Crippen LogP contribution in [-0.4, -0.2) is 77.8 Å². The number of carbonyl (C=O) groups is 1. The second kappa shape index (κ2) is 10.8. The number of halogens is 1. The van der Waals surface area contributed by atoms with Crippen LogP contribution in [0.25, 0.3) is 22.6 Å². The summed E-state index contributed by atoms with van der Waals surface area (Å²) in [5, 5.41) is 0. The monoisotopic (exact) mass is 574 g/mol. The molecule has 2 bridgehead atoms. The van der Waals surface area contributed by atoms with Crippen LogP contribution in [0.1, 0.15) is 45.2 Å². The number of anilines is 1. The summed E-state index contributed by atoms with van der Waals surface area (Å²) in [6.07, 6.45) is 3.46. The Morgan fingerprint density at radius 3 is 2.43 bits per heavy atom. The van der Waals surface area contributed by atoms with E-state index < -0.39 is 11.4 Å². The van der Waals surface area contributed by atoms with Crippen molar-refractivity contribution in [2.24, 2.45) is 0 Å². The van der Waals surface area contributed by atoms with Crippen LogP contribution in [0.3, 0.4) is 0 Å². The second-order valence-corrected chi connectivity index (χ2v) is 11.8. The molecule has 12 heteroatoms. The van der Waals surface area contributed by atoms with Crippen LogP contribution in [0.4, 0.5) is 15.0 Å². The minimum absolute atomic E-state index is 0.160. The molecule has 1 amide bonds. The third-order valence-electron chi connectivity index (χ3n) is 7.57. The van der Waals surface area contributed by atoms with E-state index in [1.54, 1.807) is 6.20 Å². The van der Waals surface area contributed by atoms with Crippen LogP contribution in [0.15, 0.2) is 42.7 Å². The van der Waals surface area contributed by atoms with E-state index in [1.807, 2.05) is 37.2 Å². The van der Waals surface area contributed by atoms with Crippen molar-refractivity contribution in [1.82, 2.24) is 34.3 Å². The molecule has 2 saturated heterocycles. The van der Waals surface area contributed by atoms with E-state index in [1.165, 1.54) is 11.6 Å². The molecule has 2 fully saturated rings. The van der Waals surface area contributed by atoms with Gasteiger partial charge in [-0.3, -0.25) is 9.88 Å². The average Bonchev–Trinajstić information content (AvgIpc) is 3.63. The van der Waals surface area contributed by atoms with Crippen LogP contribution in [0.5, 0.6) is 6.01 Å². The summed E-state index contributed by atoms with van der Waals surface area (Å²) in [6, 6.07) is 10.4. The smallest absolute Gasteiger partial charge is 0.410 e. The van der Waals surface area contributed by atoms with Gasteiger partial charge in [-0.2, -0.15) is 9.97 Å². The fourth-order valence-corrected chi connectivity index (χ4v) is 5.75. The van der Waals surface area contributed by atoms with Crippen LogP contribution in [0.2, 0.25) is 0 Å². The molecule has 5 heterocycles. The number of imidazole rings is 1. The van der Waals surface area contributed by atoms with E-state index in [2.05, 4.69) is 49.1 Å². The molecule has 2 aliphatic rings. The predicted molar refractivity (Wildman–Crippen MR) is 155 cm³/mol. The standard InChI is InChI=1S/C30H35FN8O3/c1-5-41-28-35-25(32)24-27(36-28)39(26(34-24)20-10-21(31)13-33-12-20)15-19-8-6-18(7-9-19)14-37-16-23-11-22(37)17-38(23)29(40)42-30(2,3)4/h6-10,12-13,22-23H,5,11,14-17H2,1-4H3,(H2,32,35,36)/t22-,23-/m0/s1. The second-order valence-electron chi connectivity index (χ2n) is 11.8. The van der Waals surface area contributed by atoms with Gasteiger partial charge in [-0.25, -0.2) is 14.2 Å². The molecule has 0 spiro atoms. The highest BCUT2D eigenvalue weighted by Gasteiger charge is 2.46. The molecule has 6 rings (SSSR count). The number of piperazine rings is 1. The number of fused-ring (bicyclic) bond motifs is 3. The molecule has 42 heavy (non-hydrogen) atoms. The third-order valence-corrected chi connectivity index (χ3v) is 7.57. The van der Waals surface area contributed by atoms with Crippen molar-refractivity contribution in [2.75, 3.05) is 25.4 Å². The number of carbonyl (C=O) groups excluding carboxylic acids is 1. The number of benzene rings is 1. The lowest BCUT2D eigenvalue weighted by atomic mass is 10.1. The van der Waals surface area contributed by atoms with Crippen LogP contribution in [-0.2, 0) is 17.8 Å². The molecule has 0 unspecified atom stereocenters. The van der Waals surface area contributed by atoms with E-state index >= 15 is 0 Å². The lowest BCUT2D eigenvalue weighted by Crippen LogP contribution is -2.49. The summed E-state index contributed by atoms with van der Waals surface area (Å²) in [6.45, 7) is 10.7. The number of pyridine rings is 1. The maximum absolute atomic E-state index is 14.1. The van der Waals surface area contributed by atoms with E-state index in [4.69, 9.17) is 15.2 Å². The Bertz CT molecular complexity index is 1620. The first-order valence-electron chi connectivity index (χ1n) is 14.2. The first-order chi connectivity index (χ1) is 20.1. The van der Waals surface area contributed by atoms with Crippen molar-refractivity contribution in [3.8, 4) is 17.4 Å². The van der Waals surface area contributed by atoms with Crippen molar-refractivity contribution < 1.29 is 18.7 Å². The summed E-state index contributed by atoms with van der Waals surface area (Å²) in [7, 11) is 0. The number of rotatable bonds is 7. The van der Waals surface area contributed by atoms with Crippen LogP contribution < -0.4 is 10.5 Å². The molecule has 4 aromatic rings. The van der Waals surface area contributed by atoms with E-state index in [0.717, 1.165) is 31.3 Å². The van der Waals surface area contributed by atoms with Gasteiger partial charge in [0, 0.05) is 43.5 Å². The molecule has 2 atom stereocenters. The zero-order valence-electron chi connectivity index (χ0n) is 24.2. The lowest BCUT2D eigenvalue weighted by Gasteiger charge is -2.35. The van der Waals surface area contributed by atoms with Gasteiger partial charge in [-0.1, -0.05) is 24.3 Å². The number of ether oxygens (including phenoxy) is 2. The van der Waals surface area contributed by atoms with Gasteiger partial charge in [-0.05, 0) is 51.3 Å². The number of amides is 1. The number of aromatic nitrogens is 5. The van der Waals surface area contributed by atoms with Crippen molar-refractivity contribution in [3.05, 3.63) is 59.7 Å². The van der Waals surface area contributed by atoms with Gasteiger partial charge in [0.2, 0.25) is 0 Å². The minimum Gasteiger partial charge on any atom is -0.464 e. The largest absolute Gasteiger partial charge is 0.464 e. The molecular formula is C30H35FN8O3. The quantitative estimate of drug-likeness (QED) is 0.345. The predicted octanol–water partition coefficient (Wildman–Crippen LogP) is 4.25. The zero-order chi connectivity index (χ0) is 29.6. The maximum atomic E-state index is 14.1. The fraction of sp³-hybridized carbons (Fsp3) is 0.433. The third kappa shape index (κ3) is 5.58. The van der Waals surface area contributed by atoms with E-state index in [9.17, 15) is 9.18 Å². The van der Waals surface area contributed by atoms with Crippen molar-refractivity contribution in [3.63, 3.8) is 0 Å².